The summed E-state index contributed by atoms with van der Waals surface area (Å²) < 4.78 is 18.2. The topological polar surface area (TPSA) is 38.3 Å². The molecule has 1 amide bonds. The van der Waals surface area contributed by atoms with Crippen LogP contribution in [0.1, 0.15) is 18.5 Å². The van der Waals surface area contributed by atoms with E-state index in [2.05, 4.69) is 17.4 Å². The molecule has 3 aromatic carbocycles. The van der Waals surface area contributed by atoms with Crippen LogP contribution in [0.15, 0.2) is 66.7 Å². The molecule has 0 aliphatic heterocycles. The number of rotatable bonds is 5. The normalized spacial score (nSPS) is 11.9. The molecule has 0 aromatic heterocycles. The van der Waals surface area contributed by atoms with Gasteiger partial charge in [0.25, 0.3) is 5.91 Å². The molecule has 0 bridgehead atoms. The standard InChI is InChI=1S/C20H18FNO2/c1-14(16-7-6-15-4-2-3-5-17(15)12-16)22-20(23)13-24-19-10-8-18(21)9-11-19/h2-12,14H,13H2,1H3,(H,22,23). The second-order valence-corrected chi connectivity index (χ2v) is 5.64. The number of carbonyl (C=O) groups excluding carboxylic acids is 1. The number of carbonyl (C=O) groups is 1. The van der Waals surface area contributed by atoms with Crippen LogP contribution in [0.2, 0.25) is 0 Å². The van der Waals surface area contributed by atoms with Gasteiger partial charge in [-0.3, -0.25) is 4.79 Å². The fraction of sp³-hybridized carbons (Fsp3) is 0.150. The molecule has 0 radical (unpaired) electrons. The van der Waals surface area contributed by atoms with Gasteiger partial charge in [0.1, 0.15) is 11.6 Å². The third kappa shape index (κ3) is 3.90. The molecule has 3 rings (SSSR count). The van der Waals surface area contributed by atoms with Crippen LogP contribution in [0.4, 0.5) is 4.39 Å². The number of hydrogen-bond acceptors (Lipinski definition) is 2. The summed E-state index contributed by atoms with van der Waals surface area (Å²) in [5.41, 5.74) is 1.03. The van der Waals surface area contributed by atoms with Crippen LogP contribution in [0.5, 0.6) is 5.75 Å². The summed E-state index contributed by atoms with van der Waals surface area (Å²) in [6, 6.07) is 19.7. The molecule has 3 nitrogen and oxygen atoms in total. The van der Waals surface area contributed by atoms with Gasteiger partial charge in [-0.15, -0.1) is 0 Å². The molecule has 1 N–H and O–H groups in total. The molecule has 1 atom stereocenters. The van der Waals surface area contributed by atoms with Crippen LogP contribution in [-0.4, -0.2) is 12.5 Å². The second-order valence-electron chi connectivity index (χ2n) is 5.64. The summed E-state index contributed by atoms with van der Waals surface area (Å²) in [5.74, 6) is -0.0957. The van der Waals surface area contributed by atoms with Gasteiger partial charge < -0.3 is 10.1 Å². The van der Waals surface area contributed by atoms with Crippen molar-refractivity contribution in [2.75, 3.05) is 6.61 Å². The minimum atomic E-state index is -0.336. The summed E-state index contributed by atoms with van der Waals surface area (Å²) in [6.45, 7) is 1.82. The lowest BCUT2D eigenvalue weighted by Crippen LogP contribution is -2.31. The van der Waals surface area contributed by atoms with Gasteiger partial charge in [0.15, 0.2) is 6.61 Å². The highest BCUT2D eigenvalue weighted by molar-refractivity contribution is 5.83. The maximum atomic E-state index is 12.8. The number of halogens is 1. The number of fused-ring (bicyclic) bond motifs is 1. The first kappa shape index (κ1) is 16.0. The van der Waals surface area contributed by atoms with Crippen LogP contribution >= 0.6 is 0 Å². The highest BCUT2D eigenvalue weighted by Gasteiger charge is 2.10. The fourth-order valence-corrected chi connectivity index (χ4v) is 2.52. The zero-order chi connectivity index (χ0) is 16.9. The minimum absolute atomic E-state index is 0.108. The Kier molecular flexibility index (Phi) is 4.75. The maximum Gasteiger partial charge on any atom is 0.258 e. The van der Waals surface area contributed by atoms with E-state index in [4.69, 9.17) is 4.74 Å². The van der Waals surface area contributed by atoms with Crippen molar-refractivity contribution >= 4 is 16.7 Å². The lowest BCUT2D eigenvalue weighted by molar-refractivity contribution is -0.123. The van der Waals surface area contributed by atoms with Crippen LogP contribution in [0.25, 0.3) is 10.8 Å². The van der Waals surface area contributed by atoms with Crippen LogP contribution < -0.4 is 10.1 Å². The summed E-state index contributed by atoms with van der Waals surface area (Å²) >= 11 is 0. The maximum absolute atomic E-state index is 12.8. The van der Waals surface area contributed by atoms with Gasteiger partial charge in [-0.1, -0.05) is 36.4 Å². The Morgan fingerprint density at radius 3 is 2.50 bits per heavy atom. The van der Waals surface area contributed by atoms with Crippen LogP contribution in [0, 0.1) is 5.82 Å². The van der Waals surface area contributed by atoms with Gasteiger partial charge >= 0.3 is 0 Å². The van der Waals surface area contributed by atoms with E-state index in [0.717, 1.165) is 10.9 Å². The Bertz CT molecular complexity index is 846. The molecule has 0 aliphatic carbocycles. The molecule has 0 saturated carbocycles. The van der Waals surface area contributed by atoms with Crippen molar-refractivity contribution < 1.29 is 13.9 Å². The third-order valence-electron chi connectivity index (χ3n) is 3.83. The summed E-state index contributed by atoms with van der Waals surface area (Å²) in [6.07, 6.45) is 0. The summed E-state index contributed by atoms with van der Waals surface area (Å²) in [5, 5.41) is 5.21. The van der Waals surface area contributed by atoms with E-state index < -0.39 is 0 Å². The lowest BCUT2D eigenvalue weighted by Gasteiger charge is -2.15. The molecule has 0 aliphatic rings. The Morgan fingerprint density at radius 1 is 1.04 bits per heavy atom. The zero-order valence-electron chi connectivity index (χ0n) is 13.3. The van der Waals surface area contributed by atoms with E-state index in [-0.39, 0.29) is 24.4 Å². The summed E-state index contributed by atoms with van der Waals surface area (Å²) in [7, 11) is 0. The van der Waals surface area contributed by atoms with Gasteiger partial charge in [-0.05, 0) is 53.6 Å². The quantitative estimate of drug-likeness (QED) is 0.763. The van der Waals surface area contributed by atoms with Crippen molar-refractivity contribution in [3.05, 3.63) is 78.1 Å². The minimum Gasteiger partial charge on any atom is -0.484 e. The van der Waals surface area contributed by atoms with Gasteiger partial charge in [-0.2, -0.15) is 0 Å². The first-order valence-corrected chi connectivity index (χ1v) is 7.78. The zero-order valence-corrected chi connectivity index (χ0v) is 13.3. The van der Waals surface area contributed by atoms with E-state index in [1.54, 1.807) is 0 Å². The molecule has 0 fully saturated rings. The summed E-state index contributed by atoms with van der Waals surface area (Å²) in [4.78, 5) is 12.0. The molecule has 122 valence electrons. The SMILES string of the molecule is CC(NC(=O)COc1ccc(F)cc1)c1ccc2ccccc2c1. The fourth-order valence-electron chi connectivity index (χ4n) is 2.52. The Morgan fingerprint density at radius 2 is 1.75 bits per heavy atom. The molecule has 24 heavy (non-hydrogen) atoms. The predicted octanol–water partition coefficient (Wildman–Crippen LogP) is 4.24. The largest absolute Gasteiger partial charge is 0.484 e. The van der Waals surface area contributed by atoms with Crippen LogP contribution in [0.3, 0.4) is 0 Å². The van der Waals surface area contributed by atoms with Gasteiger partial charge in [0.05, 0.1) is 6.04 Å². The van der Waals surface area contributed by atoms with Crippen molar-refractivity contribution in [2.45, 2.75) is 13.0 Å². The van der Waals surface area contributed by atoms with E-state index in [1.165, 1.54) is 29.7 Å². The van der Waals surface area contributed by atoms with Crippen LogP contribution in [-0.2, 0) is 4.79 Å². The predicted molar refractivity (Wildman–Crippen MR) is 92.4 cm³/mol. The van der Waals surface area contributed by atoms with Gasteiger partial charge in [-0.25, -0.2) is 4.39 Å². The number of hydrogen-bond donors (Lipinski definition) is 1. The van der Waals surface area contributed by atoms with Crippen molar-refractivity contribution in [3.8, 4) is 5.75 Å². The Balaban J connectivity index is 1.59. The first-order chi connectivity index (χ1) is 11.6. The van der Waals surface area contributed by atoms with E-state index in [0.29, 0.717) is 5.75 Å². The number of ether oxygens (including phenoxy) is 1. The average molecular weight is 323 g/mol. The monoisotopic (exact) mass is 323 g/mol. The van der Waals surface area contributed by atoms with Crippen molar-refractivity contribution in [3.63, 3.8) is 0 Å². The molecule has 0 heterocycles. The van der Waals surface area contributed by atoms with Gasteiger partial charge in [0, 0.05) is 0 Å². The molecular weight excluding hydrogens is 305 g/mol. The van der Waals surface area contributed by atoms with Crippen molar-refractivity contribution in [1.82, 2.24) is 5.32 Å². The molecule has 0 spiro atoms. The van der Waals surface area contributed by atoms with Crippen molar-refractivity contribution in [1.29, 1.82) is 0 Å². The lowest BCUT2D eigenvalue weighted by atomic mass is 10.0. The number of nitrogens with one attached hydrogen (secondary N) is 1. The molecule has 0 saturated heterocycles. The molecule has 3 aromatic rings. The highest BCUT2D eigenvalue weighted by atomic mass is 19.1. The number of amides is 1. The third-order valence-corrected chi connectivity index (χ3v) is 3.83. The average Bonchev–Trinajstić information content (AvgIpc) is 2.61. The highest BCUT2D eigenvalue weighted by Crippen LogP contribution is 2.20. The van der Waals surface area contributed by atoms with E-state index in [1.807, 2.05) is 37.3 Å². The first-order valence-electron chi connectivity index (χ1n) is 7.78. The van der Waals surface area contributed by atoms with Gasteiger partial charge in [0.2, 0.25) is 0 Å². The van der Waals surface area contributed by atoms with E-state index >= 15 is 0 Å². The van der Waals surface area contributed by atoms with Crippen molar-refractivity contribution in [2.24, 2.45) is 0 Å². The molecular formula is C20H18FNO2. The Labute approximate surface area is 140 Å². The second kappa shape index (κ2) is 7.13. The molecule has 1 unspecified atom stereocenters. The molecule has 4 heteroatoms. The smallest absolute Gasteiger partial charge is 0.258 e. The number of benzene rings is 3. The van der Waals surface area contributed by atoms with E-state index in [9.17, 15) is 9.18 Å². The Hall–Kier alpha value is -2.88.